The van der Waals surface area contributed by atoms with Crippen molar-refractivity contribution < 1.29 is 0 Å². The Balaban J connectivity index is 3.74. The zero-order valence-corrected chi connectivity index (χ0v) is 7.22. The molecular weight excluding hydrogens is 132 g/mol. The maximum absolute atomic E-state index is 3.83. The second-order valence-corrected chi connectivity index (χ2v) is 2.12. The minimum atomic E-state index is 1.00. The molecule has 0 aromatic carbocycles. The van der Waals surface area contributed by atoms with Crippen LogP contribution in [0.25, 0.3) is 0 Å². The van der Waals surface area contributed by atoms with Crippen molar-refractivity contribution in [2.45, 2.75) is 20.3 Å². The molecule has 0 heteroatoms. The first-order valence-electron chi connectivity index (χ1n) is 3.74. The Morgan fingerprint density at radius 1 is 1.45 bits per heavy atom. The van der Waals surface area contributed by atoms with Gasteiger partial charge in [-0.25, -0.2) is 0 Å². The molecule has 0 unspecified atom stereocenters. The van der Waals surface area contributed by atoms with E-state index in [-0.39, 0.29) is 0 Å². The van der Waals surface area contributed by atoms with E-state index in [1.165, 1.54) is 0 Å². The highest BCUT2D eigenvalue weighted by Crippen LogP contribution is 1.97. The molecule has 0 aliphatic heterocycles. The lowest BCUT2D eigenvalue weighted by molar-refractivity contribution is 1.16. The smallest absolute Gasteiger partial charge is 0.00235 e. The first-order valence-corrected chi connectivity index (χ1v) is 3.74. The second-order valence-electron chi connectivity index (χ2n) is 2.12. The first kappa shape index (κ1) is 9.78. The van der Waals surface area contributed by atoms with Gasteiger partial charge in [-0.2, -0.15) is 0 Å². The lowest BCUT2D eigenvalue weighted by Gasteiger charge is -1.86. The van der Waals surface area contributed by atoms with Crippen molar-refractivity contribution in [2.75, 3.05) is 0 Å². The van der Waals surface area contributed by atoms with E-state index in [0.717, 1.165) is 12.0 Å². The number of allylic oxidation sites excluding steroid dienone is 5. The van der Waals surface area contributed by atoms with Crippen LogP contribution in [0.4, 0.5) is 0 Å². The fourth-order valence-corrected chi connectivity index (χ4v) is 0.496. The van der Waals surface area contributed by atoms with Crippen molar-refractivity contribution in [3.8, 4) is 11.8 Å². The summed E-state index contributed by atoms with van der Waals surface area (Å²) in [4.78, 5) is 0. The van der Waals surface area contributed by atoms with Gasteiger partial charge in [0.1, 0.15) is 0 Å². The van der Waals surface area contributed by atoms with E-state index in [0.29, 0.717) is 0 Å². The van der Waals surface area contributed by atoms with E-state index < -0.39 is 0 Å². The Morgan fingerprint density at radius 2 is 2.18 bits per heavy atom. The predicted molar refractivity (Wildman–Crippen MR) is 51.2 cm³/mol. The van der Waals surface area contributed by atoms with E-state index in [4.69, 9.17) is 0 Å². The van der Waals surface area contributed by atoms with Crippen LogP contribution < -0.4 is 0 Å². The van der Waals surface area contributed by atoms with Crippen LogP contribution in [-0.2, 0) is 0 Å². The molecule has 0 atom stereocenters. The molecule has 0 aliphatic rings. The van der Waals surface area contributed by atoms with Crippen molar-refractivity contribution in [3.63, 3.8) is 0 Å². The number of hydrogen-bond acceptors (Lipinski definition) is 0. The van der Waals surface area contributed by atoms with Gasteiger partial charge in [0.15, 0.2) is 0 Å². The molecule has 0 saturated heterocycles. The van der Waals surface area contributed by atoms with E-state index >= 15 is 0 Å². The predicted octanol–water partition coefficient (Wildman–Crippen LogP) is 3.09. The highest BCUT2D eigenvalue weighted by Gasteiger charge is 1.76. The van der Waals surface area contributed by atoms with Crippen LogP contribution in [0.5, 0.6) is 0 Å². The molecule has 0 spiro atoms. The molecule has 0 aromatic rings. The monoisotopic (exact) mass is 146 g/mol. The molecule has 0 fully saturated rings. The van der Waals surface area contributed by atoms with E-state index in [1.54, 1.807) is 0 Å². The van der Waals surface area contributed by atoms with Crippen molar-refractivity contribution in [3.05, 3.63) is 36.5 Å². The Bertz CT molecular complexity index is 218. The standard InChI is InChI=1S/C11H14/c1-4-6-7-8-9-10-11(3)5-2/h7-10H,3,5H2,1-2H3/b8-7+,10-9-. The Labute approximate surface area is 69.3 Å². The van der Waals surface area contributed by atoms with Crippen LogP contribution in [0, 0.1) is 11.8 Å². The van der Waals surface area contributed by atoms with Crippen molar-refractivity contribution in [2.24, 2.45) is 0 Å². The van der Waals surface area contributed by atoms with Gasteiger partial charge in [0, 0.05) is 0 Å². The molecule has 0 rings (SSSR count). The molecule has 0 bridgehead atoms. The van der Waals surface area contributed by atoms with Crippen molar-refractivity contribution in [1.82, 2.24) is 0 Å². The van der Waals surface area contributed by atoms with Gasteiger partial charge in [-0.3, -0.25) is 0 Å². The highest BCUT2D eigenvalue weighted by atomic mass is 13.8. The average Bonchev–Trinajstić information content (AvgIpc) is 2.04. The van der Waals surface area contributed by atoms with Crippen LogP contribution in [0.3, 0.4) is 0 Å². The summed E-state index contributed by atoms with van der Waals surface area (Å²) in [6.45, 7) is 7.74. The highest BCUT2D eigenvalue weighted by molar-refractivity contribution is 5.23. The fourth-order valence-electron chi connectivity index (χ4n) is 0.496. The third-order valence-electron chi connectivity index (χ3n) is 1.22. The van der Waals surface area contributed by atoms with Gasteiger partial charge < -0.3 is 0 Å². The number of hydrogen-bond donors (Lipinski definition) is 0. The van der Waals surface area contributed by atoms with Crippen LogP contribution in [0.2, 0.25) is 0 Å². The second kappa shape index (κ2) is 6.89. The molecule has 11 heavy (non-hydrogen) atoms. The summed E-state index contributed by atoms with van der Waals surface area (Å²) >= 11 is 0. The van der Waals surface area contributed by atoms with Crippen LogP contribution in [-0.4, -0.2) is 0 Å². The maximum atomic E-state index is 3.83. The Hall–Kier alpha value is -1.22. The molecule has 0 saturated carbocycles. The summed E-state index contributed by atoms with van der Waals surface area (Å²) in [5, 5.41) is 0. The third-order valence-corrected chi connectivity index (χ3v) is 1.22. The molecule has 0 aliphatic carbocycles. The van der Waals surface area contributed by atoms with Gasteiger partial charge in [0.05, 0.1) is 0 Å². The van der Waals surface area contributed by atoms with Crippen LogP contribution >= 0.6 is 0 Å². The normalized spacial score (nSPS) is 10.0. The Kier molecular flexibility index (Phi) is 6.13. The minimum Gasteiger partial charge on any atom is -0.102 e. The van der Waals surface area contributed by atoms with Crippen LogP contribution in [0.1, 0.15) is 20.3 Å². The molecule has 0 nitrogen and oxygen atoms in total. The third kappa shape index (κ3) is 6.67. The number of rotatable bonds is 3. The van der Waals surface area contributed by atoms with E-state index in [1.807, 2.05) is 31.2 Å². The lowest BCUT2D eigenvalue weighted by atomic mass is 10.2. The maximum Gasteiger partial charge on any atom is -0.00235 e. The largest absolute Gasteiger partial charge is 0.102 e. The summed E-state index contributed by atoms with van der Waals surface area (Å²) < 4.78 is 0. The molecule has 0 N–H and O–H groups in total. The average molecular weight is 146 g/mol. The molecule has 0 heterocycles. The topological polar surface area (TPSA) is 0 Å². The van der Waals surface area contributed by atoms with Crippen LogP contribution in [0.15, 0.2) is 36.5 Å². The van der Waals surface area contributed by atoms with Gasteiger partial charge in [-0.05, 0) is 19.4 Å². The molecule has 58 valence electrons. The molecule has 0 aromatic heterocycles. The molecule has 0 radical (unpaired) electrons. The first-order chi connectivity index (χ1) is 5.31. The van der Waals surface area contributed by atoms with Gasteiger partial charge >= 0.3 is 0 Å². The summed E-state index contributed by atoms with van der Waals surface area (Å²) in [5.74, 6) is 5.61. The SMILES string of the molecule is C=C(/C=C\C=C\C#CC)CC. The van der Waals surface area contributed by atoms with Crippen molar-refractivity contribution >= 4 is 0 Å². The summed E-state index contributed by atoms with van der Waals surface area (Å²) in [7, 11) is 0. The lowest BCUT2D eigenvalue weighted by Crippen LogP contribution is -1.66. The van der Waals surface area contributed by atoms with Crippen molar-refractivity contribution in [1.29, 1.82) is 0 Å². The minimum absolute atomic E-state index is 1.00. The van der Waals surface area contributed by atoms with Gasteiger partial charge in [0.2, 0.25) is 0 Å². The summed E-state index contributed by atoms with van der Waals surface area (Å²) in [6, 6.07) is 0. The fraction of sp³-hybridized carbons (Fsp3) is 0.273. The summed E-state index contributed by atoms with van der Waals surface area (Å²) in [5.41, 5.74) is 1.14. The molecule has 0 amide bonds. The summed E-state index contributed by atoms with van der Waals surface area (Å²) in [6.07, 6.45) is 8.69. The van der Waals surface area contributed by atoms with Gasteiger partial charge in [0.25, 0.3) is 0 Å². The van der Waals surface area contributed by atoms with E-state index in [9.17, 15) is 0 Å². The van der Waals surface area contributed by atoms with Gasteiger partial charge in [-0.1, -0.05) is 43.2 Å². The Morgan fingerprint density at radius 3 is 2.73 bits per heavy atom. The quantitative estimate of drug-likeness (QED) is 0.424. The zero-order valence-electron chi connectivity index (χ0n) is 7.22. The zero-order chi connectivity index (χ0) is 8.53. The molecular formula is C11H14. The van der Waals surface area contributed by atoms with Gasteiger partial charge in [-0.15, -0.1) is 5.92 Å². The van der Waals surface area contributed by atoms with E-state index in [2.05, 4.69) is 25.3 Å².